The molecule has 0 saturated heterocycles. The lowest BCUT2D eigenvalue weighted by Gasteiger charge is -2.01. The van der Waals surface area contributed by atoms with Gasteiger partial charge in [0.05, 0.1) is 9.75 Å². The molecule has 0 atom stereocenters. The zero-order valence-electron chi connectivity index (χ0n) is 12.9. The molecule has 6 heteroatoms. The van der Waals surface area contributed by atoms with Crippen LogP contribution in [0.25, 0.3) is 20.5 Å². The van der Waals surface area contributed by atoms with Gasteiger partial charge in [0.15, 0.2) is 0 Å². The number of rotatable bonds is 5. The molecule has 1 aromatic carbocycles. The zero-order valence-corrected chi connectivity index (χ0v) is 14.5. The Morgan fingerprint density at radius 3 is 2.71 bits per heavy atom. The van der Waals surface area contributed by atoms with Crippen molar-refractivity contribution in [3.8, 4) is 10.4 Å². The number of carbonyl (C=O) groups excluding carboxylic acids is 2. The standard InChI is InChI=1S/C18H16N2O2S2/c19-17(21)16-8-12-11(2-1-3-13(12)24-16)14-6-7-15(23-14)18(22)20-9-10-4-5-10/h1-3,6-8,10H,4-5,9H2,(H2,19,21)(H,20,22). The Balaban J connectivity index is 1.64. The van der Waals surface area contributed by atoms with Crippen LogP contribution in [-0.2, 0) is 0 Å². The number of hydrogen-bond acceptors (Lipinski definition) is 4. The van der Waals surface area contributed by atoms with Crippen molar-refractivity contribution >= 4 is 44.6 Å². The van der Waals surface area contributed by atoms with Gasteiger partial charge in [-0.15, -0.1) is 22.7 Å². The SMILES string of the molecule is NC(=O)c1cc2c(-c3ccc(C(=O)NCC4CC4)s3)cccc2s1. The van der Waals surface area contributed by atoms with E-state index in [0.29, 0.717) is 15.7 Å². The molecule has 122 valence electrons. The van der Waals surface area contributed by atoms with Gasteiger partial charge in [-0.2, -0.15) is 0 Å². The molecule has 1 saturated carbocycles. The molecule has 0 radical (unpaired) electrons. The highest BCUT2D eigenvalue weighted by molar-refractivity contribution is 7.21. The molecule has 4 nitrogen and oxygen atoms in total. The molecule has 0 bridgehead atoms. The fourth-order valence-corrected chi connectivity index (χ4v) is 4.55. The molecule has 4 rings (SSSR count). The maximum atomic E-state index is 12.2. The summed E-state index contributed by atoms with van der Waals surface area (Å²) < 4.78 is 1.02. The van der Waals surface area contributed by atoms with Crippen LogP contribution in [0.5, 0.6) is 0 Å². The van der Waals surface area contributed by atoms with Crippen LogP contribution < -0.4 is 11.1 Å². The number of nitrogens with two attached hydrogens (primary N) is 1. The summed E-state index contributed by atoms with van der Waals surface area (Å²) in [6, 6.07) is 11.6. The van der Waals surface area contributed by atoms with Gasteiger partial charge in [0.25, 0.3) is 11.8 Å². The second kappa shape index (κ2) is 6.03. The lowest BCUT2D eigenvalue weighted by atomic mass is 10.1. The lowest BCUT2D eigenvalue weighted by molar-refractivity contribution is 0.0954. The van der Waals surface area contributed by atoms with E-state index >= 15 is 0 Å². The van der Waals surface area contributed by atoms with Gasteiger partial charge in [-0.3, -0.25) is 9.59 Å². The van der Waals surface area contributed by atoms with Gasteiger partial charge in [0.1, 0.15) is 0 Å². The third kappa shape index (κ3) is 2.95. The molecule has 3 N–H and O–H groups in total. The monoisotopic (exact) mass is 356 g/mol. The molecule has 2 heterocycles. The van der Waals surface area contributed by atoms with Crippen LogP contribution in [0.4, 0.5) is 0 Å². The van der Waals surface area contributed by atoms with Crippen molar-refractivity contribution in [2.24, 2.45) is 11.7 Å². The largest absolute Gasteiger partial charge is 0.365 e. The number of thiophene rings is 2. The predicted molar refractivity (Wildman–Crippen MR) is 98.7 cm³/mol. The van der Waals surface area contributed by atoms with E-state index in [1.807, 2.05) is 36.4 Å². The number of amides is 2. The number of carbonyl (C=O) groups is 2. The van der Waals surface area contributed by atoms with E-state index in [-0.39, 0.29) is 5.91 Å². The van der Waals surface area contributed by atoms with Crippen LogP contribution in [0.3, 0.4) is 0 Å². The van der Waals surface area contributed by atoms with Crippen LogP contribution in [0.1, 0.15) is 32.2 Å². The van der Waals surface area contributed by atoms with Crippen LogP contribution in [0.2, 0.25) is 0 Å². The van der Waals surface area contributed by atoms with Crippen molar-refractivity contribution in [3.05, 3.63) is 46.2 Å². The first kappa shape index (κ1) is 15.4. The highest BCUT2D eigenvalue weighted by Gasteiger charge is 2.22. The van der Waals surface area contributed by atoms with Gasteiger partial charge in [0, 0.05) is 27.1 Å². The van der Waals surface area contributed by atoms with E-state index in [1.54, 1.807) is 0 Å². The number of fused-ring (bicyclic) bond motifs is 1. The summed E-state index contributed by atoms with van der Waals surface area (Å²) in [6.45, 7) is 0.772. The van der Waals surface area contributed by atoms with Crippen LogP contribution in [0.15, 0.2) is 36.4 Å². The molecule has 24 heavy (non-hydrogen) atoms. The van der Waals surface area contributed by atoms with Gasteiger partial charge in [-0.25, -0.2) is 0 Å². The Morgan fingerprint density at radius 1 is 1.12 bits per heavy atom. The lowest BCUT2D eigenvalue weighted by Crippen LogP contribution is -2.24. The highest BCUT2D eigenvalue weighted by Crippen LogP contribution is 2.37. The van der Waals surface area contributed by atoms with E-state index in [9.17, 15) is 9.59 Å². The van der Waals surface area contributed by atoms with Crippen molar-refractivity contribution in [2.75, 3.05) is 6.54 Å². The van der Waals surface area contributed by atoms with E-state index in [0.717, 1.165) is 27.1 Å². The minimum Gasteiger partial charge on any atom is -0.365 e. The summed E-state index contributed by atoms with van der Waals surface area (Å²) >= 11 is 2.87. The average Bonchev–Trinajstić information content (AvgIpc) is 3.10. The normalized spacial score (nSPS) is 14.0. The summed E-state index contributed by atoms with van der Waals surface area (Å²) in [5, 5.41) is 4.00. The van der Waals surface area contributed by atoms with E-state index in [2.05, 4.69) is 5.32 Å². The van der Waals surface area contributed by atoms with Crippen LogP contribution in [-0.4, -0.2) is 18.4 Å². The molecule has 3 aromatic rings. The topological polar surface area (TPSA) is 72.2 Å². The molecule has 1 aliphatic rings. The summed E-state index contributed by atoms with van der Waals surface area (Å²) in [5.41, 5.74) is 6.42. The van der Waals surface area contributed by atoms with Gasteiger partial charge in [-0.05, 0) is 43.0 Å². The Bertz CT molecular complexity index is 938. The molecular formula is C18H16N2O2S2. The molecule has 0 unspecified atom stereocenters. The molecule has 0 spiro atoms. The Hall–Kier alpha value is -2.18. The Kier molecular flexibility index (Phi) is 3.86. The quantitative estimate of drug-likeness (QED) is 0.728. The van der Waals surface area contributed by atoms with Crippen LogP contribution >= 0.6 is 22.7 Å². The van der Waals surface area contributed by atoms with Crippen molar-refractivity contribution in [2.45, 2.75) is 12.8 Å². The summed E-state index contributed by atoms with van der Waals surface area (Å²) in [7, 11) is 0. The first-order valence-electron chi connectivity index (χ1n) is 7.82. The van der Waals surface area contributed by atoms with Crippen molar-refractivity contribution in [1.29, 1.82) is 0 Å². The molecule has 2 aromatic heterocycles. The van der Waals surface area contributed by atoms with E-state index in [1.165, 1.54) is 35.5 Å². The number of hydrogen-bond donors (Lipinski definition) is 2. The Morgan fingerprint density at radius 2 is 1.96 bits per heavy atom. The number of primary amides is 1. The predicted octanol–water partition coefficient (Wildman–Crippen LogP) is 3.87. The highest BCUT2D eigenvalue weighted by atomic mass is 32.1. The second-order valence-corrected chi connectivity index (χ2v) is 8.18. The number of benzene rings is 1. The molecule has 1 fully saturated rings. The van der Waals surface area contributed by atoms with E-state index in [4.69, 9.17) is 5.73 Å². The summed E-state index contributed by atoms with van der Waals surface area (Å²) in [4.78, 5) is 25.9. The maximum absolute atomic E-state index is 12.2. The Labute approximate surface area is 147 Å². The van der Waals surface area contributed by atoms with Gasteiger partial charge >= 0.3 is 0 Å². The minimum atomic E-state index is -0.409. The third-order valence-corrected chi connectivity index (χ3v) is 6.38. The molecular weight excluding hydrogens is 340 g/mol. The summed E-state index contributed by atoms with van der Waals surface area (Å²) in [5.74, 6) is 0.252. The van der Waals surface area contributed by atoms with Gasteiger partial charge in [0.2, 0.25) is 0 Å². The first-order valence-corrected chi connectivity index (χ1v) is 9.46. The number of nitrogens with one attached hydrogen (secondary N) is 1. The molecule has 1 aliphatic carbocycles. The first-order chi connectivity index (χ1) is 11.6. The minimum absolute atomic E-state index is 0.00605. The van der Waals surface area contributed by atoms with Gasteiger partial charge < -0.3 is 11.1 Å². The smallest absolute Gasteiger partial charge is 0.261 e. The van der Waals surface area contributed by atoms with Crippen molar-refractivity contribution < 1.29 is 9.59 Å². The van der Waals surface area contributed by atoms with Gasteiger partial charge in [-0.1, -0.05) is 12.1 Å². The van der Waals surface area contributed by atoms with E-state index < -0.39 is 5.91 Å². The average molecular weight is 356 g/mol. The molecule has 0 aliphatic heterocycles. The molecule has 2 amide bonds. The fraction of sp³-hybridized carbons (Fsp3) is 0.222. The fourth-order valence-electron chi connectivity index (χ4n) is 2.65. The third-order valence-electron chi connectivity index (χ3n) is 4.15. The maximum Gasteiger partial charge on any atom is 0.261 e. The zero-order chi connectivity index (χ0) is 16.7. The second-order valence-electron chi connectivity index (χ2n) is 6.01. The van der Waals surface area contributed by atoms with Crippen LogP contribution in [0, 0.1) is 5.92 Å². The summed E-state index contributed by atoms with van der Waals surface area (Å²) in [6.07, 6.45) is 2.44. The van der Waals surface area contributed by atoms with Crippen molar-refractivity contribution in [3.63, 3.8) is 0 Å². The van der Waals surface area contributed by atoms with Crippen molar-refractivity contribution in [1.82, 2.24) is 5.32 Å².